The fraction of sp³-hybridized carbons (Fsp3) is 0.364. The van der Waals surface area contributed by atoms with Crippen LogP contribution in [0, 0.1) is 0 Å². The van der Waals surface area contributed by atoms with Crippen molar-refractivity contribution in [2.45, 2.75) is 12.5 Å². The number of carboxylic acids is 1. The Hall–Kier alpha value is -1.55. The summed E-state index contributed by atoms with van der Waals surface area (Å²) in [5.74, 6) is -0.824. The minimum atomic E-state index is -0.824. The number of carboxylic acid groups (broad SMARTS) is 1. The third-order valence-electron chi connectivity index (χ3n) is 2.33. The molecule has 4 nitrogen and oxygen atoms in total. The molecular formula is C11H16N2O2. The second-order valence-electron chi connectivity index (χ2n) is 3.33. The molecule has 0 aliphatic heterocycles. The number of hydrogen-bond donors (Lipinski definition) is 3. The van der Waals surface area contributed by atoms with Crippen molar-refractivity contribution in [2.24, 2.45) is 0 Å². The molecule has 0 aromatic heterocycles. The van der Waals surface area contributed by atoms with E-state index in [-0.39, 0.29) is 0 Å². The second-order valence-corrected chi connectivity index (χ2v) is 3.33. The predicted octanol–water partition coefficient (Wildman–Crippen LogP) is 0.943. The molecule has 15 heavy (non-hydrogen) atoms. The lowest BCUT2D eigenvalue weighted by Crippen LogP contribution is -2.35. The van der Waals surface area contributed by atoms with Gasteiger partial charge in [-0.15, -0.1) is 0 Å². The van der Waals surface area contributed by atoms with Crippen LogP contribution in [-0.2, 0) is 11.2 Å². The molecule has 1 rings (SSSR count). The van der Waals surface area contributed by atoms with Gasteiger partial charge >= 0.3 is 5.97 Å². The summed E-state index contributed by atoms with van der Waals surface area (Å²) in [7, 11) is 3.50. The van der Waals surface area contributed by atoms with Crippen molar-refractivity contribution in [1.29, 1.82) is 0 Å². The van der Waals surface area contributed by atoms with E-state index in [1.54, 1.807) is 7.05 Å². The maximum absolute atomic E-state index is 10.8. The molecule has 3 N–H and O–H groups in total. The van der Waals surface area contributed by atoms with Crippen LogP contribution < -0.4 is 10.6 Å². The summed E-state index contributed by atoms with van der Waals surface area (Å²) < 4.78 is 0. The molecule has 0 amide bonds. The van der Waals surface area contributed by atoms with Gasteiger partial charge in [0.2, 0.25) is 0 Å². The molecule has 4 heteroatoms. The normalized spacial score (nSPS) is 12.1. The number of anilines is 1. The fourth-order valence-corrected chi connectivity index (χ4v) is 1.36. The second kappa shape index (κ2) is 5.36. The molecule has 0 aliphatic rings. The van der Waals surface area contributed by atoms with Crippen molar-refractivity contribution in [2.75, 3.05) is 19.4 Å². The zero-order valence-electron chi connectivity index (χ0n) is 8.95. The highest BCUT2D eigenvalue weighted by Crippen LogP contribution is 2.10. The largest absolute Gasteiger partial charge is 0.480 e. The van der Waals surface area contributed by atoms with Crippen LogP contribution in [0.1, 0.15) is 5.56 Å². The Morgan fingerprint density at radius 3 is 2.33 bits per heavy atom. The minimum absolute atomic E-state index is 0.496. The van der Waals surface area contributed by atoms with Crippen LogP contribution in [0.5, 0.6) is 0 Å². The number of rotatable bonds is 5. The van der Waals surface area contributed by atoms with E-state index in [9.17, 15) is 4.79 Å². The molecule has 0 radical (unpaired) electrons. The zero-order valence-corrected chi connectivity index (χ0v) is 8.95. The van der Waals surface area contributed by atoms with E-state index in [4.69, 9.17) is 5.11 Å². The Morgan fingerprint density at radius 2 is 1.93 bits per heavy atom. The Balaban J connectivity index is 2.67. The van der Waals surface area contributed by atoms with Gasteiger partial charge < -0.3 is 15.7 Å². The number of hydrogen-bond acceptors (Lipinski definition) is 3. The molecule has 0 heterocycles. The summed E-state index contributed by atoms with van der Waals surface area (Å²) in [5, 5.41) is 14.6. The maximum Gasteiger partial charge on any atom is 0.321 e. The molecule has 0 saturated heterocycles. The van der Waals surface area contributed by atoms with Crippen molar-refractivity contribution < 1.29 is 9.90 Å². The average molecular weight is 208 g/mol. The van der Waals surface area contributed by atoms with Gasteiger partial charge in [-0.2, -0.15) is 0 Å². The number of nitrogens with one attached hydrogen (secondary N) is 2. The first kappa shape index (κ1) is 11.5. The molecular weight excluding hydrogens is 192 g/mol. The van der Waals surface area contributed by atoms with E-state index in [1.807, 2.05) is 31.3 Å². The van der Waals surface area contributed by atoms with Crippen molar-refractivity contribution in [3.8, 4) is 0 Å². The third kappa shape index (κ3) is 3.25. The van der Waals surface area contributed by atoms with Crippen LogP contribution >= 0.6 is 0 Å². The van der Waals surface area contributed by atoms with Crippen molar-refractivity contribution in [1.82, 2.24) is 5.32 Å². The van der Waals surface area contributed by atoms with Gasteiger partial charge in [0.05, 0.1) is 0 Å². The molecule has 0 bridgehead atoms. The molecule has 0 saturated carbocycles. The molecule has 1 unspecified atom stereocenters. The Kier molecular flexibility index (Phi) is 4.12. The van der Waals surface area contributed by atoms with E-state index in [0.717, 1.165) is 11.3 Å². The first-order valence-corrected chi connectivity index (χ1v) is 4.84. The van der Waals surface area contributed by atoms with Gasteiger partial charge in [-0.3, -0.25) is 4.79 Å². The van der Waals surface area contributed by atoms with E-state index >= 15 is 0 Å². The molecule has 0 fully saturated rings. The summed E-state index contributed by atoms with van der Waals surface area (Å²) in [6.07, 6.45) is 0.496. The Morgan fingerprint density at radius 1 is 1.33 bits per heavy atom. The molecule has 0 aliphatic carbocycles. The Bertz CT molecular complexity index is 322. The molecule has 1 aromatic rings. The van der Waals surface area contributed by atoms with E-state index in [1.165, 1.54) is 0 Å². The standard InChI is InChI=1S/C11H16N2O2/c1-12-9-5-3-8(4-6-9)7-10(13-2)11(14)15/h3-6,10,12-13H,7H2,1-2H3,(H,14,15). The first-order valence-electron chi connectivity index (χ1n) is 4.84. The number of benzene rings is 1. The highest BCUT2D eigenvalue weighted by molar-refractivity contribution is 5.73. The maximum atomic E-state index is 10.8. The van der Waals surface area contributed by atoms with Crippen LogP contribution in [0.15, 0.2) is 24.3 Å². The van der Waals surface area contributed by atoms with E-state index in [0.29, 0.717) is 6.42 Å². The van der Waals surface area contributed by atoms with Crippen LogP contribution in [0.4, 0.5) is 5.69 Å². The fourth-order valence-electron chi connectivity index (χ4n) is 1.36. The van der Waals surface area contributed by atoms with Crippen molar-refractivity contribution in [3.05, 3.63) is 29.8 Å². The highest BCUT2D eigenvalue weighted by atomic mass is 16.4. The van der Waals surface area contributed by atoms with Crippen molar-refractivity contribution >= 4 is 11.7 Å². The van der Waals surface area contributed by atoms with Gasteiger partial charge in [0, 0.05) is 12.7 Å². The number of carbonyl (C=O) groups is 1. The molecule has 1 aromatic carbocycles. The average Bonchev–Trinajstić information content (AvgIpc) is 2.26. The van der Waals surface area contributed by atoms with Crippen LogP contribution in [0.2, 0.25) is 0 Å². The van der Waals surface area contributed by atoms with Gasteiger partial charge in [0.15, 0.2) is 0 Å². The van der Waals surface area contributed by atoms with E-state index in [2.05, 4.69) is 10.6 Å². The van der Waals surface area contributed by atoms with Gasteiger partial charge in [0.25, 0.3) is 0 Å². The summed E-state index contributed by atoms with van der Waals surface area (Å²) in [5.41, 5.74) is 2.03. The van der Waals surface area contributed by atoms with Crippen LogP contribution in [-0.4, -0.2) is 31.2 Å². The summed E-state index contributed by atoms with van der Waals surface area (Å²) in [4.78, 5) is 10.8. The highest BCUT2D eigenvalue weighted by Gasteiger charge is 2.14. The zero-order chi connectivity index (χ0) is 11.3. The topological polar surface area (TPSA) is 61.4 Å². The van der Waals surface area contributed by atoms with E-state index < -0.39 is 12.0 Å². The smallest absolute Gasteiger partial charge is 0.321 e. The minimum Gasteiger partial charge on any atom is -0.480 e. The molecule has 0 spiro atoms. The lowest BCUT2D eigenvalue weighted by molar-refractivity contribution is -0.139. The summed E-state index contributed by atoms with van der Waals surface area (Å²) in [6, 6.07) is 7.21. The monoisotopic (exact) mass is 208 g/mol. The van der Waals surface area contributed by atoms with Gasteiger partial charge in [-0.05, 0) is 31.2 Å². The summed E-state index contributed by atoms with van der Waals surface area (Å²) in [6.45, 7) is 0. The van der Waals surface area contributed by atoms with Crippen LogP contribution in [0.3, 0.4) is 0 Å². The van der Waals surface area contributed by atoms with Crippen LogP contribution in [0.25, 0.3) is 0 Å². The lowest BCUT2D eigenvalue weighted by Gasteiger charge is -2.11. The van der Waals surface area contributed by atoms with Crippen molar-refractivity contribution in [3.63, 3.8) is 0 Å². The van der Waals surface area contributed by atoms with Gasteiger partial charge in [0.1, 0.15) is 6.04 Å². The van der Waals surface area contributed by atoms with Gasteiger partial charge in [-0.1, -0.05) is 12.1 Å². The lowest BCUT2D eigenvalue weighted by atomic mass is 10.1. The molecule has 1 atom stereocenters. The third-order valence-corrected chi connectivity index (χ3v) is 2.33. The van der Waals surface area contributed by atoms with Gasteiger partial charge in [-0.25, -0.2) is 0 Å². The molecule has 82 valence electrons. The number of aliphatic carboxylic acids is 1. The number of likely N-dealkylation sites (N-methyl/N-ethyl adjacent to an activating group) is 1. The predicted molar refractivity (Wildman–Crippen MR) is 60.2 cm³/mol. The SMILES string of the molecule is CNc1ccc(CC(NC)C(=O)O)cc1. The quantitative estimate of drug-likeness (QED) is 0.674. The Labute approximate surface area is 89.3 Å². The first-order chi connectivity index (χ1) is 7.17. The summed E-state index contributed by atoms with van der Waals surface area (Å²) >= 11 is 0.